The van der Waals surface area contributed by atoms with E-state index in [-0.39, 0.29) is 0 Å². The Balaban J connectivity index is 3.32. The molecule has 0 aliphatic heterocycles. The molecule has 0 amide bonds. The molecule has 5 nitrogen and oxygen atoms in total. The molecule has 40 valence electrons. The van der Waals surface area contributed by atoms with Crippen molar-refractivity contribution in [2.45, 2.75) is 0 Å². The zero-order chi connectivity index (χ0) is 5.86. The lowest BCUT2D eigenvalue weighted by atomic mass is 10.9. The van der Waals surface area contributed by atoms with Gasteiger partial charge in [-0.2, -0.15) is 0 Å². The van der Waals surface area contributed by atoms with Crippen molar-refractivity contribution in [1.29, 1.82) is 10.8 Å². The molecule has 0 unspecified atom stereocenters. The molecule has 0 aliphatic carbocycles. The summed E-state index contributed by atoms with van der Waals surface area (Å²) in [6.07, 6.45) is 0. The Morgan fingerprint density at radius 1 is 1.14 bits per heavy atom. The molecule has 0 radical (unpaired) electrons. The molecule has 0 bridgehead atoms. The van der Waals surface area contributed by atoms with Gasteiger partial charge < -0.3 is 22.3 Å². The van der Waals surface area contributed by atoms with Crippen molar-refractivity contribution in [3.8, 4) is 0 Å². The highest BCUT2D eigenvalue weighted by molar-refractivity contribution is 6.11. The molecule has 7 heavy (non-hydrogen) atoms. The van der Waals surface area contributed by atoms with Crippen molar-refractivity contribution in [1.82, 2.24) is 0 Å². The van der Waals surface area contributed by atoms with Crippen LogP contribution in [0.3, 0.4) is 0 Å². The number of guanidine groups is 2. The summed E-state index contributed by atoms with van der Waals surface area (Å²) in [7, 11) is 0. The number of rotatable bonds is 0. The van der Waals surface area contributed by atoms with Crippen LogP contribution >= 0.6 is 0 Å². The highest BCUT2D eigenvalue weighted by Crippen LogP contribution is 1.75. The molecular formula is C2H6N5-. The van der Waals surface area contributed by atoms with Gasteiger partial charge in [0.1, 0.15) is 0 Å². The minimum Gasteiger partial charge on any atom is -0.419 e. The highest BCUT2D eigenvalue weighted by atomic mass is 15.1. The molecular weight excluding hydrogens is 94.1 g/mol. The number of hydrogen-bond donors (Lipinski definition) is 4. The van der Waals surface area contributed by atoms with Crippen LogP contribution in [0.5, 0.6) is 0 Å². The monoisotopic (exact) mass is 100 g/mol. The fraction of sp³-hybridized carbons (Fsp3) is 0. The molecule has 0 aromatic heterocycles. The van der Waals surface area contributed by atoms with E-state index in [4.69, 9.17) is 10.8 Å². The predicted molar refractivity (Wildman–Crippen MR) is 27.2 cm³/mol. The summed E-state index contributed by atoms with van der Waals surface area (Å²) in [5, 5.41) is 15.8. The van der Waals surface area contributed by atoms with Gasteiger partial charge in [0.2, 0.25) is 0 Å². The Kier molecular flexibility index (Phi) is 1.65. The van der Waals surface area contributed by atoms with E-state index in [1.807, 2.05) is 0 Å². The van der Waals surface area contributed by atoms with Crippen molar-refractivity contribution >= 4 is 11.9 Å². The molecule has 5 heteroatoms. The Labute approximate surface area is 40.7 Å². The first-order valence-electron chi connectivity index (χ1n) is 1.52. The number of nitrogens with zero attached hydrogens (tertiary/aromatic N) is 1. The smallest absolute Gasteiger partial charge is 0.0896 e. The summed E-state index contributed by atoms with van der Waals surface area (Å²) in [4.78, 5) is 0. The van der Waals surface area contributed by atoms with Gasteiger partial charge in [-0.3, -0.25) is 5.32 Å². The molecule has 0 aliphatic rings. The van der Waals surface area contributed by atoms with Gasteiger partial charge in [0, 0.05) is 0 Å². The lowest BCUT2D eigenvalue weighted by molar-refractivity contribution is 1.41. The van der Waals surface area contributed by atoms with E-state index in [0.717, 1.165) is 0 Å². The molecule has 0 spiro atoms. The first-order chi connectivity index (χ1) is 3.13. The minimum absolute atomic E-state index is 0.437. The van der Waals surface area contributed by atoms with Crippen LogP contribution in [0.2, 0.25) is 0 Å². The van der Waals surface area contributed by atoms with Gasteiger partial charge in [-0.05, 0) is 0 Å². The van der Waals surface area contributed by atoms with Crippen LogP contribution in [0.1, 0.15) is 0 Å². The third-order valence-corrected chi connectivity index (χ3v) is 0.241. The second kappa shape index (κ2) is 2.01. The molecule has 0 atom stereocenters. The van der Waals surface area contributed by atoms with Gasteiger partial charge in [-0.15, -0.1) is 0 Å². The van der Waals surface area contributed by atoms with E-state index < -0.39 is 11.9 Å². The number of nitrogens with one attached hydrogen (secondary N) is 2. The van der Waals surface area contributed by atoms with Crippen LogP contribution in [-0.2, 0) is 0 Å². The maximum Gasteiger partial charge on any atom is 0.0896 e. The van der Waals surface area contributed by atoms with Crippen molar-refractivity contribution < 1.29 is 0 Å². The van der Waals surface area contributed by atoms with Crippen LogP contribution in [0.25, 0.3) is 5.32 Å². The summed E-state index contributed by atoms with van der Waals surface area (Å²) in [5.74, 6) is -0.875. The normalized spacial score (nSPS) is 7.43. The first kappa shape index (κ1) is 5.74. The molecule has 6 N–H and O–H groups in total. The van der Waals surface area contributed by atoms with Crippen LogP contribution in [0.4, 0.5) is 0 Å². The zero-order valence-corrected chi connectivity index (χ0v) is 3.60. The van der Waals surface area contributed by atoms with E-state index in [2.05, 4.69) is 16.8 Å². The Morgan fingerprint density at radius 3 is 1.43 bits per heavy atom. The summed E-state index contributed by atoms with van der Waals surface area (Å²) in [5.41, 5.74) is 9.38. The Bertz CT molecular complexity index is 82.3. The van der Waals surface area contributed by atoms with Gasteiger partial charge in [-0.1, -0.05) is 0 Å². The maximum atomic E-state index is 6.42. The Morgan fingerprint density at radius 2 is 1.43 bits per heavy atom. The second-order valence-corrected chi connectivity index (χ2v) is 0.882. The average Bonchev–Trinajstić information content (AvgIpc) is 1.27. The van der Waals surface area contributed by atoms with Gasteiger partial charge >= 0.3 is 0 Å². The molecule has 0 fully saturated rings. The SMILES string of the molecule is N=C(N)[N-]C(=N)N. The summed E-state index contributed by atoms with van der Waals surface area (Å²) < 4.78 is 0. The number of nitrogens with two attached hydrogens (primary N) is 2. The standard InChI is InChI=1S/C2H6N5/c3-1(4)7-2(5)6/h(H6-,3,4,5,6,7)/q-1. The highest BCUT2D eigenvalue weighted by Gasteiger charge is 1.76. The van der Waals surface area contributed by atoms with Crippen molar-refractivity contribution in [2.75, 3.05) is 0 Å². The minimum atomic E-state index is -0.437. The van der Waals surface area contributed by atoms with Crippen molar-refractivity contribution in [3.05, 3.63) is 5.32 Å². The van der Waals surface area contributed by atoms with Crippen LogP contribution in [0, 0.1) is 10.8 Å². The van der Waals surface area contributed by atoms with Gasteiger partial charge in [0.25, 0.3) is 0 Å². The topological polar surface area (TPSA) is 114 Å². The first-order valence-corrected chi connectivity index (χ1v) is 1.52. The lowest BCUT2D eigenvalue weighted by Gasteiger charge is -2.00. The van der Waals surface area contributed by atoms with E-state index in [1.165, 1.54) is 0 Å². The van der Waals surface area contributed by atoms with Crippen molar-refractivity contribution in [2.24, 2.45) is 11.5 Å². The molecule has 0 saturated heterocycles. The fourth-order valence-corrected chi connectivity index (χ4v) is 0.130. The van der Waals surface area contributed by atoms with E-state index >= 15 is 0 Å². The molecule has 0 aromatic carbocycles. The quantitative estimate of drug-likeness (QED) is 0.234. The third kappa shape index (κ3) is 4.74. The van der Waals surface area contributed by atoms with Crippen LogP contribution < -0.4 is 11.5 Å². The van der Waals surface area contributed by atoms with Crippen molar-refractivity contribution in [3.63, 3.8) is 0 Å². The molecule has 0 aromatic rings. The largest absolute Gasteiger partial charge is 0.419 e. The maximum absolute atomic E-state index is 6.42. The van der Waals surface area contributed by atoms with Gasteiger partial charge in [0.05, 0.1) is 11.9 Å². The molecule has 0 rings (SSSR count). The average molecular weight is 100 g/mol. The molecule has 0 heterocycles. The van der Waals surface area contributed by atoms with Gasteiger partial charge in [0.15, 0.2) is 0 Å². The van der Waals surface area contributed by atoms with Gasteiger partial charge in [-0.25, -0.2) is 0 Å². The number of hydrogen-bond acceptors (Lipinski definition) is 2. The fourth-order valence-electron chi connectivity index (χ4n) is 0.130. The zero-order valence-electron chi connectivity index (χ0n) is 3.60. The van der Waals surface area contributed by atoms with Crippen LogP contribution in [-0.4, -0.2) is 11.9 Å². The van der Waals surface area contributed by atoms with E-state index in [0.29, 0.717) is 0 Å². The predicted octanol–water partition coefficient (Wildman–Crippen LogP) is -0.853. The Hall–Kier alpha value is -1.26. The lowest BCUT2D eigenvalue weighted by Crippen LogP contribution is -2.17. The molecule has 0 saturated carbocycles. The summed E-state index contributed by atoms with van der Waals surface area (Å²) in [6, 6.07) is 0. The van der Waals surface area contributed by atoms with E-state index in [9.17, 15) is 0 Å². The van der Waals surface area contributed by atoms with E-state index in [1.54, 1.807) is 0 Å². The third-order valence-electron chi connectivity index (χ3n) is 0.241. The second-order valence-electron chi connectivity index (χ2n) is 0.882. The summed E-state index contributed by atoms with van der Waals surface area (Å²) in [6.45, 7) is 0. The summed E-state index contributed by atoms with van der Waals surface area (Å²) >= 11 is 0. The van der Waals surface area contributed by atoms with Crippen LogP contribution in [0.15, 0.2) is 0 Å².